The van der Waals surface area contributed by atoms with Crippen LogP contribution >= 0.6 is 0 Å². The van der Waals surface area contributed by atoms with Gasteiger partial charge >= 0.3 is 0 Å². The number of para-hydroxylation sites is 1. The summed E-state index contributed by atoms with van der Waals surface area (Å²) in [6, 6.07) is 30.0. The summed E-state index contributed by atoms with van der Waals surface area (Å²) in [4.78, 5) is 12.2. The molecule has 0 spiro atoms. The number of rotatable bonds is 8. The summed E-state index contributed by atoms with van der Waals surface area (Å²) in [6.45, 7) is 3.98. The lowest BCUT2D eigenvalue weighted by Gasteiger charge is -2.10. The molecular formula is C28H25NO4. The van der Waals surface area contributed by atoms with E-state index in [1.54, 1.807) is 36.4 Å². The summed E-state index contributed by atoms with van der Waals surface area (Å²) in [6.07, 6.45) is 0. The van der Waals surface area contributed by atoms with Gasteiger partial charge in [-0.05, 0) is 97.8 Å². The van der Waals surface area contributed by atoms with E-state index in [0.29, 0.717) is 22.9 Å². The number of amides is 1. The molecule has 0 saturated carbocycles. The fourth-order valence-electron chi connectivity index (χ4n) is 3.31. The van der Waals surface area contributed by atoms with Gasteiger partial charge in [0.2, 0.25) is 0 Å². The van der Waals surface area contributed by atoms with Crippen LogP contribution in [0.25, 0.3) is 0 Å². The van der Waals surface area contributed by atoms with E-state index in [1.165, 1.54) is 0 Å². The zero-order valence-corrected chi connectivity index (χ0v) is 18.6. The van der Waals surface area contributed by atoms with Gasteiger partial charge < -0.3 is 19.5 Å². The van der Waals surface area contributed by atoms with Crippen molar-refractivity contribution >= 4 is 11.6 Å². The van der Waals surface area contributed by atoms with Crippen LogP contribution in [0.15, 0.2) is 97.1 Å². The molecule has 0 bridgehead atoms. The summed E-state index contributed by atoms with van der Waals surface area (Å²) in [7, 11) is 0. The Morgan fingerprint density at radius 1 is 0.636 bits per heavy atom. The lowest BCUT2D eigenvalue weighted by molar-refractivity contribution is -0.118. The van der Waals surface area contributed by atoms with Crippen molar-refractivity contribution in [2.75, 3.05) is 11.9 Å². The average Bonchev–Trinajstić information content (AvgIpc) is 2.80. The van der Waals surface area contributed by atoms with Crippen molar-refractivity contribution in [3.05, 3.63) is 108 Å². The van der Waals surface area contributed by atoms with Crippen LogP contribution in [-0.2, 0) is 4.79 Å². The standard InChI is InChI=1S/C28H25NO4/c1-20-16-21(2)18-27(17-20)33-26-14-12-23(13-15-26)31-19-28(30)29-22-8-10-25(11-9-22)32-24-6-4-3-5-7-24/h3-18H,19H2,1-2H3,(H,29,30). The highest BCUT2D eigenvalue weighted by molar-refractivity contribution is 5.91. The summed E-state index contributed by atoms with van der Waals surface area (Å²) in [5.41, 5.74) is 2.96. The molecule has 0 saturated heterocycles. The topological polar surface area (TPSA) is 56.8 Å². The summed E-state index contributed by atoms with van der Waals surface area (Å²) in [5.74, 6) is 3.29. The molecule has 5 nitrogen and oxygen atoms in total. The van der Waals surface area contributed by atoms with Gasteiger partial charge in [0.25, 0.3) is 5.91 Å². The Labute approximate surface area is 193 Å². The molecule has 0 aliphatic carbocycles. The molecule has 0 aliphatic heterocycles. The quantitative estimate of drug-likeness (QED) is 0.324. The smallest absolute Gasteiger partial charge is 0.262 e. The molecule has 0 radical (unpaired) electrons. The van der Waals surface area contributed by atoms with E-state index in [2.05, 4.69) is 11.4 Å². The monoisotopic (exact) mass is 439 g/mol. The fraction of sp³-hybridized carbons (Fsp3) is 0.107. The third-order valence-corrected chi connectivity index (χ3v) is 4.74. The molecule has 33 heavy (non-hydrogen) atoms. The highest BCUT2D eigenvalue weighted by atomic mass is 16.5. The van der Waals surface area contributed by atoms with Crippen LogP contribution in [-0.4, -0.2) is 12.5 Å². The first-order valence-electron chi connectivity index (χ1n) is 10.7. The van der Waals surface area contributed by atoms with Crippen LogP contribution < -0.4 is 19.5 Å². The number of aryl methyl sites for hydroxylation is 2. The number of nitrogens with one attached hydrogen (secondary N) is 1. The van der Waals surface area contributed by atoms with Gasteiger partial charge in [-0.1, -0.05) is 24.3 Å². The number of benzene rings is 4. The Morgan fingerprint density at radius 2 is 1.15 bits per heavy atom. The lowest BCUT2D eigenvalue weighted by atomic mass is 10.1. The molecule has 0 atom stereocenters. The minimum Gasteiger partial charge on any atom is -0.484 e. The first kappa shape index (κ1) is 22.0. The maximum absolute atomic E-state index is 12.2. The van der Waals surface area contributed by atoms with Crippen molar-refractivity contribution in [1.82, 2.24) is 0 Å². The number of anilines is 1. The van der Waals surface area contributed by atoms with Gasteiger partial charge in [0.1, 0.15) is 28.7 Å². The normalized spacial score (nSPS) is 10.4. The van der Waals surface area contributed by atoms with E-state index in [0.717, 1.165) is 22.6 Å². The van der Waals surface area contributed by atoms with Crippen LogP contribution in [0.1, 0.15) is 11.1 Å². The predicted octanol–water partition coefficient (Wildman–Crippen LogP) is 6.91. The number of ether oxygens (including phenoxy) is 3. The van der Waals surface area contributed by atoms with Crippen LogP contribution in [0.4, 0.5) is 5.69 Å². The Bertz CT molecular complexity index is 1180. The van der Waals surface area contributed by atoms with E-state index in [-0.39, 0.29) is 12.5 Å². The zero-order chi connectivity index (χ0) is 23.0. The molecule has 166 valence electrons. The zero-order valence-electron chi connectivity index (χ0n) is 18.6. The van der Waals surface area contributed by atoms with Crippen molar-refractivity contribution in [1.29, 1.82) is 0 Å². The highest BCUT2D eigenvalue weighted by Crippen LogP contribution is 2.26. The van der Waals surface area contributed by atoms with Crippen molar-refractivity contribution in [2.24, 2.45) is 0 Å². The Hall–Kier alpha value is -4.25. The van der Waals surface area contributed by atoms with Gasteiger partial charge in [-0.3, -0.25) is 4.79 Å². The molecule has 0 fully saturated rings. The fourth-order valence-corrected chi connectivity index (χ4v) is 3.31. The van der Waals surface area contributed by atoms with Gasteiger partial charge in [0, 0.05) is 5.69 Å². The number of carbonyl (C=O) groups excluding carboxylic acids is 1. The van der Waals surface area contributed by atoms with Crippen molar-refractivity contribution in [3.8, 4) is 28.7 Å². The van der Waals surface area contributed by atoms with E-state index in [1.807, 2.05) is 68.4 Å². The highest BCUT2D eigenvalue weighted by Gasteiger charge is 2.06. The second-order valence-corrected chi connectivity index (χ2v) is 7.67. The molecule has 4 aromatic rings. The Morgan fingerprint density at radius 3 is 1.79 bits per heavy atom. The molecule has 1 N–H and O–H groups in total. The Kier molecular flexibility index (Phi) is 6.90. The maximum Gasteiger partial charge on any atom is 0.262 e. The second-order valence-electron chi connectivity index (χ2n) is 7.67. The minimum atomic E-state index is -0.248. The third-order valence-electron chi connectivity index (χ3n) is 4.74. The molecule has 0 unspecified atom stereocenters. The molecule has 1 amide bonds. The van der Waals surface area contributed by atoms with E-state index < -0.39 is 0 Å². The van der Waals surface area contributed by atoms with Crippen LogP contribution in [0.5, 0.6) is 28.7 Å². The number of hydrogen-bond donors (Lipinski definition) is 1. The average molecular weight is 440 g/mol. The molecule has 0 aromatic heterocycles. The second kappa shape index (κ2) is 10.4. The predicted molar refractivity (Wildman–Crippen MR) is 130 cm³/mol. The number of carbonyl (C=O) groups is 1. The Balaban J connectivity index is 1.25. The van der Waals surface area contributed by atoms with E-state index in [9.17, 15) is 4.79 Å². The molecule has 0 heterocycles. The summed E-state index contributed by atoms with van der Waals surface area (Å²) in [5, 5.41) is 2.81. The first-order chi connectivity index (χ1) is 16.0. The molecule has 5 heteroatoms. The van der Waals surface area contributed by atoms with Crippen molar-refractivity contribution in [3.63, 3.8) is 0 Å². The van der Waals surface area contributed by atoms with Crippen molar-refractivity contribution in [2.45, 2.75) is 13.8 Å². The van der Waals surface area contributed by atoms with Gasteiger partial charge in [0.15, 0.2) is 6.61 Å². The SMILES string of the molecule is Cc1cc(C)cc(Oc2ccc(OCC(=O)Nc3ccc(Oc4ccccc4)cc3)cc2)c1. The molecular weight excluding hydrogens is 414 g/mol. The van der Waals surface area contributed by atoms with E-state index in [4.69, 9.17) is 14.2 Å². The van der Waals surface area contributed by atoms with Crippen LogP contribution in [0, 0.1) is 13.8 Å². The molecule has 4 aromatic carbocycles. The summed E-state index contributed by atoms with van der Waals surface area (Å²) >= 11 is 0. The van der Waals surface area contributed by atoms with Gasteiger partial charge in [-0.25, -0.2) is 0 Å². The number of hydrogen-bond acceptors (Lipinski definition) is 4. The maximum atomic E-state index is 12.2. The third kappa shape index (κ3) is 6.61. The first-order valence-corrected chi connectivity index (χ1v) is 10.7. The van der Waals surface area contributed by atoms with Gasteiger partial charge in [-0.2, -0.15) is 0 Å². The molecule has 0 aliphatic rings. The van der Waals surface area contributed by atoms with Gasteiger partial charge in [0.05, 0.1) is 0 Å². The van der Waals surface area contributed by atoms with Crippen LogP contribution in [0.2, 0.25) is 0 Å². The van der Waals surface area contributed by atoms with Crippen LogP contribution in [0.3, 0.4) is 0 Å². The van der Waals surface area contributed by atoms with Crippen molar-refractivity contribution < 1.29 is 19.0 Å². The summed E-state index contributed by atoms with van der Waals surface area (Å²) < 4.78 is 17.3. The lowest BCUT2D eigenvalue weighted by Crippen LogP contribution is -2.20. The minimum absolute atomic E-state index is 0.0977. The molecule has 4 rings (SSSR count). The van der Waals surface area contributed by atoms with E-state index >= 15 is 0 Å². The van der Waals surface area contributed by atoms with Gasteiger partial charge in [-0.15, -0.1) is 0 Å². The largest absolute Gasteiger partial charge is 0.484 e.